The van der Waals surface area contributed by atoms with E-state index in [0.717, 1.165) is 5.56 Å². The van der Waals surface area contributed by atoms with Crippen LogP contribution in [0.5, 0.6) is 0 Å². The Morgan fingerprint density at radius 1 is 1.17 bits per heavy atom. The van der Waals surface area contributed by atoms with Crippen molar-refractivity contribution in [3.05, 3.63) is 65.2 Å². The lowest BCUT2D eigenvalue weighted by molar-refractivity contribution is 0.0945. The minimum absolute atomic E-state index is 0.0126. The van der Waals surface area contributed by atoms with Crippen molar-refractivity contribution in [3.8, 4) is 0 Å². The van der Waals surface area contributed by atoms with Crippen LogP contribution in [0, 0.1) is 0 Å². The molecule has 24 heavy (non-hydrogen) atoms. The number of rotatable bonds is 5. The third-order valence-corrected chi connectivity index (χ3v) is 5.39. The summed E-state index contributed by atoms with van der Waals surface area (Å²) >= 11 is 0. The van der Waals surface area contributed by atoms with Gasteiger partial charge in [0.15, 0.2) is 0 Å². The van der Waals surface area contributed by atoms with Gasteiger partial charge < -0.3 is 10.4 Å². The number of aliphatic hydroxyl groups excluding tert-OH is 1. The molecule has 2 aromatic carbocycles. The van der Waals surface area contributed by atoms with Crippen molar-refractivity contribution in [3.63, 3.8) is 0 Å². The van der Waals surface area contributed by atoms with Gasteiger partial charge in [-0.2, -0.15) is 0 Å². The summed E-state index contributed by atoms with van der Waals surface area (Å²) in [5, 5.41) is 12.8. The fraction of sp³-hybridized carbons (Fsp3) is 0.235. The summed E-state index contributed by atoms with van der Waals surface area (Å²) in [6, 6.07) is 13.3. The SMILES string of the molecule is O=C1NCCc2ccc(S(=O)(=O)NCC(O)c3ccccc3)cc21. The van der Waals surface area contributed by atoms with Crippen LogP contribution in [-0.4, -0.2) is 32.5 Å². The number of hydrogen-bond acceptors (Lipinski definition) is 4. The number of fused-ring (bicyclic) bond motifs is 1. The van der Waals surface area contributed by atoms with E-state index in [2.05, 4.69) is 10.0 Å². The van der Waals surface area contributed by atoms with Crippen LogP contribution in [0.4, 0.5) is 0 Å². The molecule has 3 rings (SSSR count). The van der Waals surface area contributed by atoms with Gasteiger partial charge in [-0.25, -0.2) is 13.1 Å². The highest BCUT2D eigenvalue weighted by molar-refractivity contribution is 7.89. The van der Waals surface area contributed by atoms with E-state index in [1.165, 1.54) is 12.1 Å². The molecule has 7 heteroatoms. The zero-order valence-electron chi connectivity index (χ0n) is 12.9. The monoisotopic (exact) mass is 346 g/mol. The fourth-order valence-corrected chi connectivity index (χ4v) is 3.69. The summed E-state index contributed by atoms with van der Waals surface area (Å²) in [5.41, 5.74) is 1.85. The van der Waals surface area contributed by atoms with Crippen LogP contribution < -0.4 is 10.0 Å². The first kappa shape index (κ1) is 16.6. The summed E-state index contributed by atoms with van der Waals surface area (Å²) in [6.45, 7) is 0.412. The van der Waals surface area contributed by atoms with Crippen molar-refractivity contribution in [2.24, 2.45) is 0 Å². The van der Waals surface area contributed by atoms with Crippen molar-refractivity contribution in [1.82, 2.24) is 10.0 Å². The van der Waals surface area contributed by atoms with E-state index >= 15 is 0 Å². The van der Waals surface area contributed by atoms with Gasteiger partial charge in [0.1, 0.15) is 0 Å². The Hall–Kier alpha value is -2.22. The first-order valence-corrected chi connectivity index (χ1v) is 9.09. The molecular weight excluding hydrogens is 328 g/mol. The largest absolute Gasteiger partial charge is 0.387 e. The molecule has 0 saturated heterocycles. The Kier molecular flexibility index (Phi) is 4.66. The van der Waals surface area contributed by atoms with Crippen LogP contribution in [0.1, 0.15) is 27.6 Å². The van der Waals surface area contributed by atoms with Gasteiger partial charge in [-0.3, -0.25) is 4.79 Å². The lowest BCUT2D eigenvalue weighted by Crippen LogP contribution is -2.33. The van der Waals surface area contributed by atoms with Crippen LogP contribution in [0.3, 0.4) is 0 Å². The Labute approximate surface area is 140 Å². The molecule has 126 valence electrons. The van der Waals surface area contributed by atoms with Gasteiger partial charge >= 0.3 is 0 Å². The molecule has 1 unspecified atom stereocenters. The van der Waals surface area contributed by atoms with Crippen molar-refractivity contribution in [1.29, 1.82) is 0 Å². The van der Waals surface area contributed by atoms with Crippen LogP contribution >= 0.6 is 0 Å². The molecule has 0 saturated carbocycles. The highest BCUT2D eigenvalue weighted by atomic mass is 32.2. The van der Waals surface area contributed by atoms with Crippen molar-refractivity contribution in [2.75, 3.05) is 13.1 Å². The summed E-state index contributed by atoms with van der Waals surface area (Å²) in [4.78, 5) is 11.9. The highest BCUT2D eigenvalue weighted by Gasteiger charge is 2.22. The number of amides is 1. The maximum absolute atomic E-state index is 12.4. The second-order valence-corrected chi connectivity index (χ2v) is 7.37. The predicted molar refractivity (Wildman–Crippen MR) is 89.1 cm³/mol. The molecule has 0 bridgehead atoms. The predicted octanol–water partition coefficient (Wildman–Crippen LogP) is 0.984. The molecule has 0 fully saturated rings. The second-order valence-electron chi connectivity index (χ2n) is 5.60. The first-order chi connectivity index (χ1) is 11.5. The molecule has 1 amide bonds. The minimum Gasteiger partial charge on any atom is -0.387 e. The van der Waals surface area contributed by atoms with E-state index in [1.54, 1.807) is 30.3 Å². The number of benzene rings is 2. The molecule has 0 aromatic heterocycles. The van der Waals surface area contributed by atoms with Crippen LogP contribution in [-0.2, 0) is 16.4 Å². The quantitative estimate of drug-likeness (QED) is 0.752. The van der Waals surface area contributed by atoms with Gasteiger partial charge in [0.25, 0.3) is 5.91 Å². The maximum Gasteiger partial charge on any atom is 0.251 e. The standard InChI is InChI=1S/C17H18N2O4S/c20-16(13-4-2-1-3-5-13)11-19-24(22,23)14-7-6-12-8-9-18-17(21)15(12)10-14/h1-7,10,16,19-20H,8-9,11H2,(H,18,21). The highest BCUT2D eigenvalue weighted by Crippen LogP contribution is 2.19. The maximum atomic E-state index is 12.4. The lowest BCUT2D eigenvalue weighted by Gasteiger charge is -2.18. The molecule has 0 aliphatic carbocycles. The van der Waals surface area contributed by atoms with E-state index in [1.807, 2.05) is 6.07 Å². The molecule has 1 heterocycles. The molecule has 1 atom stereocenters. The Bertz CT molecular complexity index is 850. The number of carbonyl (C=O) groups excluding carboxylic acids is 1. The van der Waals surface area contributed by atoms with Crippen molar-refractivity contribution < 1.29 is 18.3 Å². The van der Waals surface area contributed by atoms with Gasteiger partial charge in [0.2, 0.25) is 10.0 Å². The first-order valence-electron chi connectivity index (χ1n) is 7.61. The molecule has 3 N–H and O–H groups in total. The third-order valence-electron chi connectivity index (χ3n) is 3.97. The van der Waals surface area contributed by atoms with Crippen molar-refractivity contribution in [2.45, 2.75) is 17.4 Å². The van der Waals surface area contributed by atoms with Gasteiger partial charge in [0.05, 0.1) is 11.0 Å². The molecule has 6 nitrogen and oxygen atoms in total. The van der Waals surface area contributed by atoms with E-state index in [9.17, 15) is 18.3 Å². The van der Waals surface area contributed by atoms with Gasteiger partial charge in [-0.15, -0.1) is 0 Å². The normalized spacial score (nSPS) is 15.5. The van der Waals surface area contributed by atoms with Crippen LogP contribution in [0.2, 0.25) is 0 Å². The number of hydrogen-bond donors (Lipinski definition) is 3. The zero-order chi connectivity index (χ0) is 17.2. The van der Waals surface area contributed by atoms with Gasteiger partial charge in [-0.1, -0.05) is 36.4 Å². The van der Waals surface area contributed by atoms with Crippen LogP contribution in [0.25, 0.3) is 0 Å². The zero-order valence-corrected chi connectivity index (χ0v) is 13.7. The van der Waals surface area contributed by atoms with Gasteiger partial charge in [0, 0.05) is 18.7 Å². The molecule has 1 aliphatic heterocycles. The number of nitrogens with one attached hydrogen (secondary N) is 2. The molecule has 0 radical (unpaired) electrons. The summed E-state index contributed by atoms with van der Waals surface area (Å²) < 4.78 is 27.2. The average molecular weight is 346 g/mol. The Morgan fingerprint density at radius 2 is 1.92 bits per heavy atom. The molecule has 0 spiro atoms. The topological polar surface area (TPSA) is 95.5 Å². The average Bonchev–Trinajstić information content (AvgIpc) is 2.60. The van der Waals surface area contributed by atoms with E-state index in [0.29, 0.717) is 24.1 Å². The van der Waals surface area contributed by atoms with Crippen LogP contribution in [0.15, 0.2) is 53.4 Å². The molecule has 2 aromatic rings. The lowest BCUT2D eigenvalue weighted by atomic mass is 10.0. The fourth-order valence-electron chi connectivity index (χ4n) is 2.62. The molecular formula is C17H18N2O4S. The summed E-state index contributed by atoms with van der Waals surface area (Å²) in [7, 11) is -3.81. The van der Waals surface area contributed by atoms with E-state index in [4.69, 9.17) is 0 Å². The van der Waals surface area contributed by atoms with Crippen molar-refractivity contribution >= 4 is 15.9 Å². The summed E-state index contributed by atoms with van der Waals surface area (Å²) in [6.07, 6.45) is -0.261. The third kappa shape index (κ3) is 3.48. The number of aliphatic hydroxyl groups is 1. The molecule has 1 aliphatic rings. The van der Waals surface area contributed by atoms with Gasteiger partial charge in [-0.05, 0) is 29.7 Å². The second kappa shape index (κ2) is 6.72. The Balaban J connectivity index is 1.76. The van der Waals surface area contributed by atoms with E-state index in [-0.39, 0.29) is 17.3 Å². The number of carbonyl (C=O) groups is 1. The summed E-state index contributed by atoms with van der Waals surface area (Å²) in [5.74, 6) is -0.266. The smallest absolute Gasteiger partial charge is 0.251 e. The number of sulfonamides is 1. The minimum atomic E-state index is -3.81. The van der Waals surface area contributed by atoms with E-state index < -0.39 is 16.1 Å². The Morgan fingerprint density at radius 3 is 2.67 bits per heavy atom.